The van der Waals surface area contributed by atoms with E-state index in [9.17, 15) is 29.1 Å². The van der Waals surface area contributed by atoms with Crippen molar-refractivity contribution >= 4 is 29.6 Å². The number of carbonyl (C=O) groups is 5. The molecule has 11 nitrogen and oxygen atoms in total. The summed E-state index contributed by atoms with van der Waals surface area (Å²) in [4.78, 5) is 61.1. The Labute approximate surface area is 162 Å². The number of aliphatic carboxylic acids is 1. The Morgan fingerprint density at radius 2 is 1.89 bits per heavy atom. The second kappa shape index (κ2) is 9.49. The van der Waals surface area contributed by atoms with Crippen LogP contribution in [0.2, 0.25) is 0 Å². The zero-order valence-corrected chi connectivity index (χ0v) is 15.8. The van der Waals surface area contributed by atoms with Crippen LogP contribution in [0.5, 0.6) is 0 Å². The molecule has 4 unspecified atom stereocenters. The quantitative estimate of drug-likeness (QED) is 0.306. The van der Waals surface area contributed by atoms with Crippen LogP contribution in [0, 0.1) is 0 Å². The summed E-state index contributed by atoms with van der Waals surface area (Å²) in [7, 11) is 0. The lowest BCUT2D eigenvalue weighted by Gasteiger charge is -2.27. The summed E-state index contributed by atoms with van der Waals surface area (Å²) in [5.74, 6) is -3.53. The van der Waals surface area contributed by atoms with Gasteiger partial charge in [-0.2, -0.15) is 0 Å². The van der Waals surface area contributed by atoms with Crippen LogP contribution in [0.25, 0.3) is 0 Å². The average molecular weight is 397 g/mol. The molecule has 0 aromatic heterocycles. The van der Waals surface area contributed by atoms with E-state index in [1.165, 1.54) is 11.8 Å². The molecule has 156 valence electrons. The first-order valence-corrected chi connectivity index (χ1v) is 9.36. The summed E-state index contributed by atoms with van der Waals surface area (Å²) < 4.78 is 0. The fourth-order valence-electron chi connectivity index (χ4n) is 3.50. The van der Waals surface area contributed by atoms with Crippen LogP contribution in [0.4, 0.5) is 0 Å². The number of likely N-dealkylation sites (tertiary alicyclic amines) is 1. The van der Waals surface area contributed by atoms with Gasteiger partial charge in [0.25, 0.3) is 0 Å². The standard InChI is InChI=1S/C17H27N5O6/c1-9(16(26)22-7-3-5-12(22)17(27)28)20-15(25)11(8-13(18)23)21-14(24)10-4-2-6-19-10/h9-12,19H,2-8H2,1H3,(H2,18,23)(H,20,25)(H,21,24)(H,27,28). The number of carbonyl (C=O) groups excluding carboxylic acids is 4. The van der Waals surface area contributed by atoms with E-state index in [0.717, 1.165) is 6.42 Å². The summed E-state index contributed by atoms with van der Waals surface area (Å²) in [6.45, 7) is 2.42. The van der Waals surface area contributed by atoms with Crippen molar-refractivity contribution in [3.05, 3.63) is 0 Å². The number of rotatable bonds is 8. The van der Waals surface area contributed by atoms with Gasteiger partial charge in [0.05, 0.1) is 12.5 Å². The number of carboxylic acid groups (broad SMARTS) is 1. The molecule has 2 aliphatic rings. The summed E-state index contributed by atoms with van der Waals surface area (Å²) in [5, 5.41) is 17.1. The molecule has 4 atom stereocenters. The zero-order chi connectivity index (χ0) is 20.8. The molecule has 0 aliphatic carbocycles. The van der Waals surface area contributed by atoms with Gasteiger partial charge in [-0.1, -0.05) is 0 Å². The third kappa shape index (κ3) is 5.41. The molecule has 6 N–H and O–H groups in total. The van der Waals surface area contributed by atoms with Gasteiger partial charge in [0.15, 0.2) is 0 Å². The first-order valence-electron chi connectivity index (χ1n) is 9.36. The first kappa shape index (κ1) is 21.6. The van der Waals surface area contributed by atoms with E-state index in [0.29, 0.717) is 32.4 Å². The van der Waals surface area contributed by atoms with Crippen molar-refractivity contribution in [3.63, 3.8) is 0 Å². The Morgan fingerprint density at radius 3 is 2.46 bits per heavy atom. The van der Waals surface area contributed by atoms with Gasteiger partial charge in [-0.05, 0) is 39.2 Å². The summed E-state index contributed by atoms with van der Waals surface area (Å²) in [6.07, 6.45) is 1.97. The van der Waals surface area contributed by atoms with E-state index in [-0.39, 0.29) is 0 Å². The molecule has 4 amide bonds. The highest BCUT2D eigenvalue weighted by atomic mass is 16.4. The number of amides is 4. The summed E-state index contributed by atoms with van der Waals surface area (Å²) >= 11 is 0. The van der Waals surface area contributed by atoms with E-state index in [2.05, 4.69) is 16.0 Å². The monoisotopic (exact) mass is 397 g/mol. The van der Waals surface area contributed by atoms with Crippen molar-refractivity contribution in [2.45, 2.75) is 63.2 Å². The zero-order valence-electron chi connectivity index (χ0n) is 15.8. The highest BCUT2D eigenvalue weighted by Gasteiger charge is 2.37. The van der Waals surface area contributed by atoms with Crippen molar-refractivity contribution in [1.82, 2.24) is 20.9 Å². The minimum absolute atomic E-state index is 0.296. The van der Waals surface area contributed by atoms with E-state index in [1.807, 2.05) is 0 Å². The minimum atomic E-state index is -1.21. The van der Waals surface area contributed by atoms with Gasteiger partial charge in [0, 0.05) is 6.54 Å². The molecule has 2 aliphatic heterocycles. The number of hydrogen-bond donors (Lipinski definition) is 5. The Morgan fingerprint density at radius 1 is 1.18 bits per heavy atom. The van der Waals surface area contributed by atoms with E-state index in [1.54, 1.807) is 0 Å². The molecule has 0 aromatic rings. The Hall–Kier alpha value is -2.69. The molecule has 0 aromatic carbocycles. The van der Waals surface area contributed by atoms with Crippen LogP contribution in [0.3, 0.4) is 0 Å². The lowest BCUT2D eigenvalue weighted by molar-refractivity contribution is -0.149. The van der Waals surface area contributed by atoms with Crippen LogP contribution < -0.4 is 21.7 Å². The second-order valence-corrected chi connectivity index (χ2v) is 7.14. The van der Waals surface area contributed by atoms with E-state index in [4.69, 9.17) is 5.73 Å². The van der Waals surface area contributed by atoms with Gasteiger partial charge >= 0.3 is 5.97 Å². The smallest absolute Gasteiger partial charge is 0.326 e. The van der Waals surface area contributed by atoms with Crippen LogP contribution >= 0.6 is 0 Å². The second-order valence-electron chi connectivity index (χ2n) is 7.14. The predicted molar refractivity (Wildman–Crippen MR) is 96.7 cm³/mol. The van der Waals surface area contributed by atoms with Gasteiger partial charge in [-0.3, -0.25) is 19.2 Å². The van der Waals surface area contributed by atoms with E-state index >= 15 is 0 Å². The molecular formula is C17H27N5O6. The van der Waals surface area contributed by atoms with Crippen LogP contribution in [-0.2, 0) is 24.0 Å². The van der Waals surface area contributed by atoms with Crippen molar-refractivity contribution in [3.8, 4) is 0 Å². The van der Waals surface area contributed by atoms with Gasteiger partial charge < -0.3 is 31.7 Å². The molecule has 11 heteroatoms. The van der Waals surface area contributed by atoms with Gasteiger partial charge in [0.1, 0.15) is 18.1 Å². The third-order valence-corrected chi connectivity index (χ3v) is 4.97. The number of primary amides is 1. The lowest BCUT2D eigenvalue weighted by atomic mass is 10.1. The highest BCUT2D eigenvalue weighted by molar-refractivity contribution is 5.96. The normalized spacial score (nSPS) is 23.7. The fourth-order valence-corrected chi connectivity index (χ4v) is 3.50. The number of hydrogen-bond acceptors (Lipinski definition) is 6. The van der Waals surface area contributed by atoms with Crippen LogP contribution in [0.1, 0.15) is 39.0 Å². The van der Waals surface area contributed by atoms with Crippen LogP contribution in [0.15, 0.2) is 0 Å². The molecule has 2 rings (SSSR count). The Kier molecular flexibility index (Phi) is 7.32. The number of nitrogens with two attached hydrogens (primary N) is 1. The number of carboxylic acids is 1. The van der Waals surface area contributed by atoms with Crippen molar-refractivity contribution < 1.29 is 29.1 Å². The first-order chi connectivity index (χ1) is 13.2. The van der Waals surface area contributed by atoms with Gasteiger partial charge in [-0.15, -0.1) is 0 Å². The third-order valence-electron chi connectivity index (χ3n) is 4.97. The Bertz CT molecular complexity index is 648. The highest BCUT2D eigenvalue weighted by Crippen LogP contribution is 2.18. The largest absolute Gasteiger partial charge is 0.480 e. The maximum atomic E-state index is 12.5. The molecule has 0 spiro atoms. The fraction of sp³-hybridized carbons (Fsp3) is 0.706. The average Bonchev–Trinajstić information content (AvgIpc) is 3.31. The Balaban J connectivity index is 1.98. The number of nitrogens with one attached hydrogen (secondary N) is 3. The predicted octanol–water partition coefficient (Wildman–Crippen LogP) is -2.32. The molecule has 2 saturated heterocycles. The van der Waals surface area contributed by atoms with Crippen LogP contribution in [-0.4, -0.2) is 76.9 Å². The summed E-state index contributed by atoms with van der Waals surface area (Å²) in [5.41, 5.74) is 5.18. The SMILES string of the molecule is CC(NC(=O)C(CC(N)=O)NC(=O)C1CCCN1)C(=O)N1CCCC1C(=O)O. The molecule has 2 heterocycles. The van der Waals surface area contributed by atoms with Gasteiger partial charge in [0.2, 0.25) is 23.6 Å². The van der Waals surface area contributed by atoms with Crippen molar-refractivity contribution in [1.29, 1.82) is 0 Å². The minimum Gasteiger partial charge on any atom is -0.480 e. The molecule has 28 heavy (non-hydrogen) atoms. The topological polar surface area (TPSA) is 171 Å². The number of nitrogens with zero attached hydrogens (tertiary/aromatic N) is 1. The molecular weight excluding hydrogens is 370 g/mol. The van der Waals surface area contributed by atoms with Crippen molar-refractivity contribution in [2.75, 3.05) is 13.1 Å². The van der Waals surface area contributed by atoms with Crippen molar-refractivity contribution in [2.24, 2.45) is 5.73 Å². The lowest BCUT2D eigenvalue weighted by Crippen LogP contribution is -2.57. The maximum absolute atomic E-state index is 12.5. The maximum Gasteiger partial charge on any atom is 0.326 e. The van der Waals surface area contributed by atoms with Gasteiger partial charge in [-0.25, -0.2) is 4.79 Å². The summed E-state index contributed by atoms with van der Waals surface area (Å²) in [6, 6.07) is -3.58. The molecule has 2 fully saturated rings. The molecule has 0 bridgehead atoms. The molecule has 0 radical (unpaired) electrons. The molecule has 0 saturated carbocycles. The van der Waals surface area contributed by atoms with E-state index < -0.39 is 60.2 Å².